The van der Waals surface area contributed by atoms with E-state index in [1.165, 1.54) is 0 Å². The van der Waals surface area contributed by atoms with E-state index >= 15 is 4.39 Å². The van der Waals surface area contributed by atoms with E-state index in [-0.39, 0.29) is 53.5 Å². The number of halogens is 1. The van der Waals surface area contributed by atoms with Crippen LogP contribution in [-0.2, 0) is 14.2 Å². The molecule has 0 spiro atoms. The van der Waals surface area contributed by atoms with Gasteiger partial charge in [-0.25, -0.2) is 23.8 Å². The van der Waals surface area contributed by atoms with Crippen LogP contribution in [0.25, 0.3) is 33.1 Å². The molecule has 2 bridgehead atoms. The number of carbonyl (C=O) groups is 3. The molecule has 17 heteroatoms. The maximum absolute atomic E-state index is 18.5. The van der Waals surface area contributed by atoms with Crippen molar-refractivity contribution in [3.63, 3.8) is 0 Å². The van der Waals surface area contributed by atoms with Gasteiger partial charge in [-0.3, -0.25) is 14.8 Å². The Bertz CT molecular complexity index is 2930. The summed E-state index contributed by atoms with van der Waals surface area (Å²) >= 11 is 0. The summed E-state index contributed by atoms with van der Waals surface area (Å²) in [5.74, 6) is 2.99. The summed E-state index contributed by atoms with van der Waals surface area (Å²) in [6.45, 7) is 40.2. The molecule has 2 unspecified atom stereocenters. The Morgan fingerprint density at radius 2 is 1.37 bits per heavy atom. The normalized spacial score (nSPS) is 19.0. The van der Waals surface area contributed by atoms with Crippen molar-refractivity contribution in [1.82, 2.24) is 29.7 Å². The molecule has 0 N–H and O–H groups in total. The number of amides is 3. The molecule has 3 aromatic heterocycles. The molecule has 402 valence electrons. The van der Waals surface area contributed by atoms with Crippen molar-refractivity contribution in [2.45, 2.75) is 181 Å². The van der Waals surface area contributed by atoms with Gasteiger partial charge >= 0.3 is 24.3 Å². The highest BCUT2D eigenvalue weighted by atomic mass is 28.3. The molecule has 75 heavy (non-hydrogen) atoms. The maximum Gasteiger partial charge on any atom is 0.425 e. The Morgan fingerprint density at radius 1 is 0.813 bits per heavy atom. The molecule has 3 amide bonds. The Hall–Kier alpha value is -6.12. The number of imide groups is 1. The third-order valence-corrected chi connectivity index (χ3v) is 21.2. The van der Waals surface area contributed by atoms with Gasteiger partial charge in [0.25, 0.3) is 0 Å². The molecule has 0 aliphatic carbocycles. The Balaban J connectivity index is 1.35. The molecule has 4 aromatic rings. The average Bonchev–Trinajstić information content (AvgIpc) is 3.85. The van der Waals surface area contributed by atoms with Crippen LogP contribution < -0.4 is 14.5 Å². The number of piperazine rings is 1. The number of benzene rings is 1. The van der Waals surface area contributed by atoms with Crippen molar-refractivity contribution in [3.05, 3.63) is 66.1 Å². The van der Waals surface area contributed by atoms with Gasteiger partial charge in [0.1, 0.15) is 60.0 Å². The second-order valence-electron chi connectivity index (χ2n) is 25.1. The van der Waals surface area contributed by atoms with Gasteiger partial charge < -0.3 is 23.8 Å². The van der Waals surface area contributed by atoms with E-state index in [4.69, 9.17) is 38.9 Å². The lowest BCUT2D eigenvalue weighted by molar-refractivity contribution is 0.0122. The molecule has 2 atom stereocenters. The van der Waals surface area contributed by atoms with E-state index < -0.39 is 48.4 Å². The van der Waals surface area contributed by atoms with E-state index in [2.05, 4.69) is 76.0 Å². The molecule has 4 aliphatic heterocycles. The van der Waals surface area contributed by atoms with Crippen molar-refractivity contribution >= 4 is 59.7 Å². The van der Waals surface area contributed by atoms with Gasteiger partial charge in [-0.15, -0.1) is 5.54 Å². The fourth-order valence-corrected chi connectivity index (χ4v) is 17.2. The molecule has 8 rings (SSSR count). The van der Waals surface area contributed by atoms with E-state index in [1.54, 1.807) is 53.8 Å². The molecule has 4 saturated heterocycles. The van der Waals surface area contributed by atoms with Crippen LogP contribution in [0.15, 0.2) is 54.8 Å². The number of carbonyl (C=O) groups excluding carboxylic acids is 3. The minimum Gasteiger partial charge on any atom is -0.461 e. The second-order valence-corrected chi connectivity index (χ2v) is 30.7. The van der Waals surface area contributed by atoms with Gasteiger partial charge in [-0.05, 0) is 122 Å². The first-order valence-electron chi connectivity index (χ1n) is 26.5. The Kier molecular flexibility index (Phi) is 14.8. The van der Waals surface area contributed by atoms with Gasteiger partial charge in [0.2, 0.25) is 0 Å². The first-order chi connectivity index (χ1) is 34.9. The van der Waals surface area contributed by atoms with E-state index in [0.717, 1.165) is 42.0 Å². The molecule has 7 heterocycles. The third-order valence-electron chi connectivity index (χ3n) is 14.9. The number of fused-ring (bicyclic) bond motifs is 5. The van der Waals surface area contributed by atoms with Crippen LogP contribution in [-0.4, -0.2) is 123 Å². The highest BCUT2D eigenvalue weighted by Crippen LogP contribution is 2.45. The highest BCUT2D eigenvalue weighted by Gasteiger charge is 2.49. The number of aromatic nitrogens is 4. The lowest BCUT2D eigenvalue weighted by Gasteiger charge is -2.42. The zero-order valence-electron chi connectivity index (χ0n) is 46.9. The first-order valence-corrected chi connectivity index (χ1v) is 28.7. The third kappa shape index (κ3) is 11.1. The standard InChI is InChI=1S/C58H77FN8O7Si/c1-34(2)75(35(3)4,36(5)6)24-23-39-19-18-20-40-25-44(67(53(69)73-56(12,13)14)54(70)74-57(15,16)17)61-48(45(39)40)49-46(59)47-43(28-60-49)50(64-31-41-21-22-42(32-64)66(41)52(68)72-55(9,10)11)63-51(62-47)71-33-58-26-37(7)29-65(58)30-38(8)27-58/h18-20,25,28,34-36,41-42H,7-8,21-22,26-27,29-33H2,1-6,9-17H3. The number of pyridine rings is 2. The lowest BCUT2D eigenvalue weighted by atomic mass is 9.92. The fraction of sp³-hybridized carbons (Fsp3) is 0.569. The van der Waals surface area contributed by atoms with Crippen LogP contribution in [0.3, 0.4) is 0 Å². The molecular weight excluding hydrogens is 968 g/mol. The second kappa shape index (κ2) is 20.1. The summed E-state index contributed by atoms with van der Waals surface area (Å²) < 4.78 is 42.6. The summed E-state index contributed by atoms with van der Waals surface area (Å²) in [4.78, 5) is 68.8. The molecule has 0 radical (unpaired) electrons. The Labute approximate surface area is 443 Å². The van der Waals surface area contributed by atoms with Crippen LogP contribution >= 0.6 is 0 Å². The summed E-state index contributed by atoms with van der Waals surface area (Å²) in [5.41, 5.74) is 4.21. The van der Waals surface area contributed by atoms with Crippen LogP contribution in [0.4, 0.5) is 30.4 Å². The van der Waals surface area contributed by atoms with Gasteiger partial charge in [0.05, 0.1) is 23.0 Å². The maximum atomic E-state index is 18.5. The number of ether oxygens (including phenoxy) is 4. The summed E-state index contributed by atoms with van der Waals surface area (Å²) in [5, 5.41) is 1.30. The summed E-state index contributed by atoms with van der Waals surface area (Å²) in [6, 6.07) is 6.72. The van der Waals surface area contributed by atoms with Crippen molar-refractivity contribution in [2.75, 3.05) is 42.6 Å². The Morgan fingerprint density at radius 3 is 1.91 bits per heavy atom. The van der Waals surface area contributed by atoms with Gasteiger partial charge in [-0.1, -0.05) is 83.9 Å². The first kappa shape index (κ1) is 55.1. The van der Waals surface area contributed by atoms with Crippen LogP contribution in [0, 0.1) is 17.3 Å². The smallest absolute Gasteiger partial charge is 0.425 e. The molecular formula is C58H77FN8O7Si. The number of anilines is 2. The monoisotopic (exact) mass is 1040 g/mol. The molecule has 15 nitrogen and oxygen atoms in total. The van der Waals surface area contributed by atoms with Crippen LogP contribution in [0.5, 0.6) is 6.01 Å². The molecule has 4 fully saturated rings. The number of hydrogen-bond acceptors (Lipinski definition) is 13. The van der Waals surface area contributed by atoms with Crippen molar-refractivity contribution < 1.29 is 37.7 Å². The predicted molar refractivity (Wildman–Crippen MR) is 295 cm³/mol. The van der Waals surface area contributed by atoms with Crippen molar-refractivity contribution in [1.29, 1.82) is 0 Å². The number of rotatable bonds is 9. The van der Waals surface area contributed by atoms with E-state index in [1.807, 2.05) is 43.9 Å². The van der Waals surface area contributed by atoms with Gasteiger partial charge in [-0.2, -0.15) is 14.9 Å². The van der Waals surface area contributed by atoms with Crippen LogP contribution in [0.1, 0.15) is 135 Å². The largest absolute Gasteiger partial charge is 0.461 e. The number of hydrogen-bond donors (Lipinski definition) is 0. The molecule has 4 aliphatic rings. The lowest BCUT2D eigenvalue weighted by Crippen LogP contribution is -2.57. The summed E-state index contributed by atoms with van der Waals surface area (Å²) in [7, 11) is -2.32. The van der Waals surface area contributed by atoms with Crippen LogP contribution in [0.2, 0.25) is 16.6 Å². The van der Waals surface area contributed by atoms with E-state index in [9.17, 15) is 14.4 Å². The fourth-order valence-electron chi connectivity index (χ4n) is 12.0. The molecule has 1 aromatic carbocycles. The zero-order valence-corrected chi connectivity index (χ0v) is 47.9. The van der Waals surface area contributed by atoms with Crippen molar-refractivity contribution in [2.24, 2.45) is 0 Å². The summed E-state index contributed by atoms with van der Waals surface area (Å²) in [6.07, 6.45) is 2.05. The van der Waals surface area contributed by atoms with E-state index in [0.29, 0.717) is 70.1 Å². The minimum atomic E-state index is -2.32. The topological polar surface area (TPSA) is 153 Å². The average molecular weight is 1050 g/mol. The minimum absolute atomic E-state index is 0.0185. The predicted octanol–water partition coefficient (Wildman–Crippen LogP) is 12.6. The van der Waals surface area contributed by atoms with Crippen molar-refractivity contribution in [3.8, 4) is 28.9 Å². The quantitative estimate of drug-likeness (QED) is 0.0677. The highest BCUT2D eigenvalue weighted by molar-refractivity contribution is 6.90. The zero-order chi connectivity index (χ0) is 54.9. The van der Waals surface area contributed by atoms with Gasteiger partial charge in [0, 0.05) is 43.3 Å². The van der Waals surface area contributed by atoms with Gasteiger partial charge in [0.15, 0.2) is 5.82 Å². The number of nitrogens with zero attached hydrogens (tertiary/aromatic N) is 8. The SMILES string of the molecule is C=C1CN2CC(=C)CC2(COc2nc(N3CC4CCC(C3)N4C(=O)OC(C)(C)C)c3cnc(-c4nc(N(C(=O)OC(C)(C)C)C(=O)OC(C)(C)C)cc5cccc(C#C[Si](C(C)C)(C(C)C)C(C)C)c45)c(F)c3n2)C1. The molecule has 0 saturated carbocycles.